The van der Waals surface area contributed by atoms with Crippen LogP contribution in [0.5, 0.6) is 0 Å². The van der Waals surface area contributed by atoms with Crippen molar-refractivity contribution in [1.82, 2.24) is 10.6 Å². The molecule has 1 heterocycles. The van der Waals surface area contributed by atoms with Crippen LogP contribution in [0.2, 0.25) is 10.0 Å². The Bertz CT molecular complexity index is 507. The molecule has 1 aliphatic heterocycles. The van der Waals surface area contributed by atoms with Crippen LogP contribution in [0.3, 0.4) is 0 Å². The number of hydrogen-bond donors (Lipinski definition) is 2. The van der Waals surface area contributed by atoms with Crippen LogP contribution < -0.4 is 10.6 Å². The summed E-state index contributed by atoms with van der Waals surface area (Å²) in [4.78, 5) is 12.3. The van der Waals surface area contributed by atoms with Gasteiger partial charge in [0.05, 0.1) is 0 Å². The van der Waals surface area contributed by atoms with Crippen LogP contribution in [-0.2, 0) is 11.2 Å². The number of benzene rings is 1. The summed E-state index contributed by atoms with van der Waals surface area (Å²) in [5, 5.41) is 7.77. The predicted octanol–water partition coefficient (Wildman–Crippen LogP) is 3.43. The third-order valence-corrected chi connectivity index (χ3v) is 4.67. The molecule has 1 aromatic carbocycles. The van der Waals surface area contributed by atoms with Gasteiger partial charge in [-0.2, -0.15) is 0 Å². The average Bonchev–Trinajstić information content (AvgIpc) is 2.44. The first-order valence-electron chi connectivity index (χ1n) is 7.45. The van der Waals surface area contributed by atoms with Gasteiger partial charge in [0, 0.05) is 28.0 Å². The van der Waals surface area contributed by atoms with Crippen LogP contribution in [-0.4, -0.2) is 24.5 Å². The maximum atomic E-state index is 12.3. The number of hydrogen-bond acceptors (Lipinski definition) is 2. The second-order valence-electron chi connectivity index (χ2n) is 5.84. The van der Waals surface area contributed by atoms with Gasteiger partial charge in [-0.15, -0.1) is 0 Å². The normalized spacial score (nSPS) is 23.6. The molecule has 116 valence electrons. The summed E-state index contributed by atoms with van der Waals surface area (Å²) in [6.07, 6.45) is 2.76. The fourth-order valence-electron chi connectivity index (χ4n) is 2.68. The van der Waals surface area contributed by atoms with E-state index >= 15 is 0 Å². The highest BCUT2D eigenvalue weighted by molar-refractivity contribution is 6.35. The molecule has 1 saturated heterocycles. The van der Waals surface area contributed by atoms with Crippen LogP contribution >= 0.6 is 23.2 Å². The molecule has 1 amide bonds. The molecular weight excluding hydrogens is 307 g/mol. The molecule has 0 saturated carbocycles. The van der Waals surface area contributed by atoms with Gasteiger partial charge in [0.15, 0.2) is 0 Å². The molecule has 0 spiro atoms. The van der Waals surface area contributed by atoms with Crippen LogP contribution in [0.25, 0.3) is 0 Å². The standard InChI is InChI=1S/C16H22Cl2N2O/c1-10(8-12-5-6-13(17)9-14(12)18)16(21)20-15-4-3-7-19-11(15)2/h5-6,9-11,15,19H,3-4,7-8H2,1-2H3,(H,20,21). The Kier molecular flexibility index (Phi) is 5.91. The predicted molar refractivity (Wildman–Crippen MR) is 88.0 cm³/mol. The van der Waals surface area contributed by atoms with Gasteiger partial charge < -0.3 is 10.6 Å². The maximum Gasteiger partial charge on any atom is 0.223 e. The third-order valence-electron chi connectivity index (χ3n) is 4.08. The van der Waals surface area contributed by atoms with E-state index in [4.69, 9.17) is 23.2 Å². The lowest BCUT2D eigenvalue weighted by molar-refractivity contribution is -0.125. The van der Waals surface area contributed by atoms with Crippen molar-refractivity contribution < 1.29 is 4.79 Å². The smallest absolute Gasteiger partial charge is 0.223 e. The van der Waals surface area contributed by atoms with Crippen molar-refractivity contribution in [3.8, 4) is 0 Å². The summed E-state index contributed by atoms with van der Waals surface area (Å²) in [7, 11) is 0. The van der Waals surface area contributed by atoms with Gasteiger partial charge >= 0.3 is 0 Å². The molecule has 1 aliphatic rings. The summed E-state index contributed by atoms with van der Waals surface area (Å²) in [6, 6.07) is 5.96. The molecule has 5 heteroatoms. The highest BCUT2D eigenvalue weighted by Crippen LogP contribution is 2.23. The molecule has 21 heavy (non-hydrogen) atoms. The van der Waals surface area contributed by atoms with E-state index in [-0.39, 0.29) is 17.9 Å². The van der Waals surface area contributed by atoms with E-state index in [2.05, 4.69) is 17.6 Å². The van der Waals surface area contributed by atoms with Crippen LogP contribution in [0.4, 0.5) is 0 Å². The molecule has 3 atom stereocenters. The topological polar surface area (TPSA) is 41.1 Å². The van der Waals surface area contributed by atoms with E-state index in [0.717, 1.165) is 24.9 Å². The molecule has 0 bridgehead atoms. The number of carbonyl (C=O) groups is 1. The van der Waals surface area contributed by atoms with Crippen molar-refractivity contribution in [2.45, 2.75) is 45.2 Å². The third kappa shape index (κ3) is 4.60. The van der Waals surface area contributed by atoms with Gasteiger partial charge in [-0.3, -0.25) is 4.79 Å². The molecule has 2 rings (SSSR count). The summed E-state index contributed by atoms with van der Waals surface area (Å²) in [5.74, 6) is -0.0284. The Morgan fingerprint density at radius 2 is 2.24 bits per heavy atom. The molecule has 0 aromatic heterocycles. The van der Waals surface area contributed by atoms with Crippen molar-refractivity contribution in [2.75, 3.05) is 6.54 Å². The first kappa shape index (κ1) is 16.6. The van der Waals surface area contributed by atoms with Crippen molar-refractivity contribution in [2.24, 2.45) is 5.92 Å². The minimum atomic E-state index is -0.113. The number of rotatable bonds is 4. The van der Waals surface area contributed by atoms with E-state index < -0.39 is 0 Å². The highest BCUT2D eigenvalue weighted by Gasteiger charge is 2.24. The fourth-order valence-corrected chi connectivity index (χ4v) is 3.16. The first-order chi connectivity index (χ1) is 9.97. The number of halogens is 2. The van der Waals surface area contributed by atoms with E-state index in [1.807, 2.05) is 13.0 Å². The monoisotopic (exact) mass is 328 g/mol. The molecule has 3 unspecified atom stereocenters. The molecule has 0 aliphatic carbocycles. The summed E-state index contributed by atoms with van der Waals surface area (Å²) in [6.45, 7) is 5.08. The van der Waals surface area contributed by atoms with Gasteiger partial charge in [0.1, 0.15) is 0 Å². The Hall–Kier alpha value is -0.770. The number of carbonyl (C=O) groups excluding carboxylic acids is 1. The minimum absolute atomic E-state index is 0.0848. The van der Waals surface area contributed by atoms with Crippen LogP contribution in [0.1, 0.15) is 32.3 Å². The van der Waals surface area contributed by atoms with E-state index in [1.54, 1.807) is 12.1 Å². The second-order valence-corrected chi connectivity index (χ2v) is 6.68. The highest BCUT2D eigenvalue weighted by atomic mass is 35.5. The largest absolute Gasteiger partial charge is 0.352 e. The molecule has 1 fully saturated rings. The van der Waals surface area contributed by atoms with Crippen LogP contribution in [0, 0.1) is 5.92 Å². The van der Waals surface area contributed by atoms with E-state index in [0.29, 0.717) is 22.5 Å². The van der Waals surface area contributed by atoms with Gasteiger partial charge in [-0.1, -0.05) is 36.2 Å². The summed E-state index contributed by atoms with van der Waals surface area (Å²) >= 11 is 12.1. The van der Waals surface area contributed by atoms with Crippen molar-refractivity contribution in [3.63, 3.8) is 0 Å². The Morgan fingerprint density at radius 1 is 1.48 bits per heavy atom. The fraction of sp³-hybridized carbons (Fsp3) is 0.562. The van der Waals surface area contributed by atoms with E-state index in [9.17, 15) is 4.79 Å². The maximum absolute atomic E-state index is 12.3. The van der Waals surface area contributed by atoms with Gasteiger partial charge in [0.2, 0.25) is 5.91 Å². The number of nitrogens with one attached hydrogen (secondary N) is 2. The molecule has 2 N–H and O–H groups in total. The molecule has 1 aromatic rings. The zero-order chi connectivity index (χ0) is 15.4. The summed E-state index contributed by atoms with van der Waals surface area (Å²) in [5.41, 5.74) is 0.957. The van der Waals surface area contributed by atoms with Crippen LogP contribution in [0.15, 0.2) is 18.2 Å². The van der Waals surface area contributed by atoms with E-state index in [1.165, 1.54) is 0 Å². The van der Waals surface area contributed by atoms with Crippen molar-refractivity contribution >= 4 is 29.1 Å². The lowest BCUT2D eigenvalue weighted by Crippen LogP contribution is -2.53. The zero-order valence-corrected chi connectivity index (χ0v) is 14.0. The minimum Gasteiger partial charge on any atom is -0.352 e. The Labute approximate surface area is 136 Å². The SMILES string of the molecule is CC(Cc1ccc(Cl)cc1Cl)C(=O)NC1CCCNC1C. The lowest BCUT2D eigenvalue weighted by atomic mass is 9.96. The van der Waals surface area contributed by atoms with Gasteiger partial charge in [0.25, 0.3) is 0 Å². The van der Waals surface area contributed by atoms with Gasteiger partial charge in [-0.05, 0) is 50.4 Å². The quantitative estimate of drug-likeness (QED) is 0.889. The van der Waals surface area contributed by atoms with Crippen molar-refractivity contribution in [1.29, 1.82) is 0 Å². The second kappa shape index (κ2) is 7.48. The first-order valence-corrected chi connectivity index (χ1v) is 8.20. The lowest BCUT2D eigenvalue weighted by Gasteiger charge is -2.31. The van der Waals surface area contributed by atoms with Gasteiger partial charge in [-0.25, -0.2) is 0 Å². The molecule has 0 radical (unpaired) electrons. The molecular formula is C16H22Cl2N2O. The number of piperidine rings is 1. The Balaban J connectivity index is 1.92. The number of amides is 1. The Morgan fingerprint density at radius 3 is 2.90 bits per heavy atom. The zero-order valence-electron chi connectivity index (χ0n) is 12.5. The molecule has 3 nitrogen and oxygen atoms in total. The van der Waals surface area contributed by atoms with Crippen molar-refractivity contribution in [3.05, 3.63) is 33.8 Å². The average molecular weight is 329 g/mol. The summed E-state index contributed by atoms with van der Waals surface area (Å²) < 4.78 is 0.